The zero-order valence-electron chi connectivity index (χ0n) is 11.7. The summed E-state index contributed by atoms with van der Waals surface area (Å²) in [6.45, 7) is 0.694. The predicted octanol–water partition coefficient (Wildman–Crippen LogP) is 1.46. The van der Waals surface area contributed by atoms with Crippen LogP contribution in [0.3, 0.4) is 0 Å². The molecule has 1 aromatic heterocycles. The molecule has 1 unspecified atom stereocenters. The molecule has 0 aliphatic carbocycles. The first-order valence-corrected chi connectivity index (χ1v) is 10.6. The van der Waals surface area contributed by atoms with Crippen molar-refractivity contribution in [2.75, 3.05) is 0 Å². The van der Waals surface area contributed by atoms with Crippen molar-refractivity contribution in [2.45, 2.75) is 17.8 Å². The molecule has 5 heteroatoms. The summed E-state index contributed by atoms with van der Waals surface area (Å²) in [4.78, 5) is 24.9. The van der Waals surface area contributed by atoms with Crippen molar-refractivity contribution in [3.63, 3.8) is 0 Å². The molecule has 110 valence electrons. The molecule has 2 heterocycles. The van der Waals surface area contributed by atoms with E-state index in [2.05, 4.69) is 6.07 Å². The van der Waals surface area contributed by atoms with Gasteiger partial charge in [-0.2, -0.15) is 0 Å². The number of carbonyl (C=O) groups is 1. The Bertz CT molecular complexity index is 926. The molecule has 0 amide bonds. The quantitative estimate of drug-likeness (QED) is 0.601. The van der Waals surface area contributed by atoms with Gasteiger partial charge in [-0.1, -0.05) is 0 Å². The van der Waals surface area contributed by atoms with Crippen molar-refractivity contribution in [3.05, 3.63) is 64.4 Å². The molecule has 1 aliphatic heterocycles. The van der Waals surface area contributed by atoms with Gasteiger partial charge in [0.15, 0.2) is 0 Å². The molecular formula is C17H13NO2Se2. The SMILES string of the molecule is O=C1c2ccccc2[Se]C1CCn1[se]c2ccccc2c1=O. The number of Topliss-reactive ketones (excluding diaryl/α,β-unsaturated/α-hetero) is 1. The van der Waals surface area contributed by atoms with Gasteiger partial charge in [0.05, 0.1) is 0 Å². The Hall–Kier alpha value is -1.38. The van der Waals surface area contributed by atoms with Crippen LogP contribution in [0.1, 0.15) is 16.8 Å². The fourth-order valence-electron chi connectivity index (χ4n) is 2.74. The van der Waals surface area contributed by atoms with Crippen LogP contribution in [0.15, 0.2) is 53.3 Å². The maximum absolute atomic E-state index is 12.4. The average Bonchev–Trinajstić information content (AvgIpc) is 3.04. The number of ketones is 1. The molecule has 3 nitrogen and oxygen atoms in total. The molecule has 1 atom stereocenters. The Morgan fingerprint density at radius 1 is 1.00 bits per heavy atom. The second kappa shape index (κ2) is 5.67. The molecule has 0 bridgehead atoms. The van der Waals surface area contributed by atoms with Crippen LogP contribution in [0.2, 0.25) is 4.82 Å². The van der Waals surface area contributed by atoms with E-state index in [0.717, 1.165) is 21.6 Å². The van der Waals surface area contributed by atoms with Crippen LogP contribution in [-0.4, -0.2) is 39.0 Å². The first-order valence-electron chi connectivity index (χ1n) is 7.13. The molecule has 4 rings (SSSR count). The maximum atomic E-state index is 12.4. The van der Waals surface area contributed by atoms with Gasteiger partial charge in [0.2, 0.25) is 0 Å². The third-order valence-electron chi connectivity index (χ3n) is 3.86. The van der Waals surface area contributed by atoms with E-state index in [-0.39, 0.29) is 45.8 Å². The van der Waals surface area contributed by atoms with Crippen LogP contribution in [0.25, 0.3) is 9.65 Å². The molecule has 0 saturated carbocycles. The first kappa shape index (κ1) is 14.2. The Labute approximate surface area is 140 Å². The van der Waals surface area contributed by atoms with E-state index >= 15 is 0 Å². The Kier molecular flexibility index (Phi) is 3.67. The van der Waals surface area contributed by atoms with Crippen LogP contribution >= 0.6 is 0 Å². The summed E-state index contributed by atoms with van der Waals surface area (Å²) < 4.78 is 4.31. The molecule has 3 aromatic rings. The van der Waals surface area contributed by atoms with E-state index in [1.807, 2.05) is 46.0 Å². The van der Waals surface area contributed by atoms with Gasteiger partial charge in [-0.25, -0.2) is 0 Å². The number of carbonyl (C=O) groups excluding carboxylic acids is 1. The third-order valence-corrected chi connectivity index (χ3v) is 9.03. The van der Waals surface area contributed by atoms with Crippen LogP contribution < -0.4 is 10.0 Å². The first-order chi connectivity index (χ1) is 10.7. The summed E-state index contributed by atoms with van der Waals surface area (Å²) in [5, 5.41) is 0.842. The number of rotatable bonds is 3. The van der Waals surface area contributed by atoms with E-state index in [0.29, 0.717) is 6.54 Å². The van der Waals surface area contributed by atoms with Crippen molar-refractivity contribution < 1.29 is 4.79 Å². The number of hydrogen-bond donors (Lipinski definition) is 0. The number of aryl methyl sites for hydroxylation is 1. The fourth-order valence-corrected chi connectivity index (χ4v) is 7.41. The third kappa shape index (κ3) is 2.35. The molecule has 1 aliphatic rings. The summed E-state index contributed by atoms with van der Waals surface area (Å²) in [6.07, 6.45) is 0.787. The monoisotopic (exact) mass is 423 g/mol. The second-order valence-electron chi connectivity index (χ2n) is 5.25. The van der Waals surface area contributed by atoms with Gasteiger partial charge in [0.25, 0.3) is 0 Å². The fraction of sp³-hybridized carbons (Fsp3) is 0.176. The van der Waals surface area contributed by atoms with Gasteiger partial charge >= 0.3 is 140 Å². The van der Waals surface area contributed by atoms with Gasteiger partial charge in [0, 0.05) is 0 Å². The Morgan fingerprint density at radius 2 is 1.77 bits per heavy atom. The summed E-state index contributed by atoms with van der Waals surface area (Å²) >= 11 is 0.269. The summed E-state index contributed by atoms with van der Waals surface area (Å²) in [5.41, 5.74) is 1.03. The summed E-state index contributed by atoms with van der Waals surface area (Å²) in [7, 11) is 0. The predicted molar refractivity (Wildman–Crippen MR) is 89.7 cm³/mol. The zero-order valence-corrected chi connectivity index (χ0v) is 15.1. The van der Waals surface area contributed by atoms with Crippen LogP contribution in [0.4, 0.5) is 0 Å². The Morgan fingerprint density at radius 3 is 2.59 bits per heavy atom. The summed E-state index contributed by atoms with van der Waals surface area (Å²) in [6, 6.07) is 15.8. The van der Waals surface area contributed by atoms with Gasteiger partial charge in [-0.05, 0) is 0 Å². The van der Waals surface area contributed by atoms with Crippen molar-refractivity contribution >= 4 is 49.6 Å². The minimum absolute atomic E-state index is 0.0647. The molecule has 0 radical (unpaired) electrons. The van der Waals surface area contributed by atoms with Crippen molar-refractivity contribution in [2.24, 2.45) is 0 Å². The topological polar surface area (TPSA) is 39.1 Å². The number of fused-ring (bicyclic) bond motifs is 2. The second-order valence-corrected chi connectivity index (χ2v) is 10.1. The van der Waals surface area contributed by atoms with Gasteiger partial charge in [-0.15, -0.1) is 0 Å². The molecular weight excluding hydrogens is 408 g/mol. The molecule has 22 heavy (non-hydrogen) atoms. The van der Waals surface area contributed by atoms with Crippen LogP contribution in [-0.2, 0) is 6.54 Å². The number of benzene rings is 2. The van der Waals surface area contributed by atoms with Gasteiger partial charge in [-0.3, -0.25) is 0 Å². The van der Waals surface area contributed by atoms with E-state index in [1.165, 1.54) is 4.46 Å². The Balaban J connectivity index is 1.55. The molecule has 0 saturated heterocycles. The molecule has 0 N–H and O–H groups in total. The molecule has 2 aromatic carbocycles. The standard InChI is InChI=1S/C17H13NO2Se2/c19-16-11-5-1-3-7-13(11)21-15(16)9-10-18-17(20)12-6-2-4-8-14(12)22-18/h1-8,15H,9-10H2. The summed E-state index contributed by atoms with van der Waals surface area (Å²) in [5.74, 6) is 0.271. The van der Waals surface area contributed by atoms with E-state index in [1.54, 1.807) is 0 Å². The van der Waals surface area contributed by atoms with Gasteiger partial charge < -0.3 is 0 Å². The van der Waals surface area contributed by atoms with Crippen LogP contribution in [0.5, 0.6) is 0 Å². The van der Waals surface area contributed by atoms with Crippen molar-refractivity contribution in [1.82, 2.24) is 3.56 Å². The van der Waals surface area contributed by atoms with Crippen molar-refractivity contribution in [3.8, 4) is 0 Å². The normalized spacial score (nSPS) is 17.1. The average molecular weight is 421 g/mol. The minimum atomic E-state index is 0.0647. The van der Waals surface area contributed by atoms with Crippen molar-refractivity contribution in [1.29, 1.82) is 0 Å². The number of nitrogens with zero attached hydrogens (tertiary/aromatic N) is 1. The van der Waals surface area contributed by atoms with E-state index < -0.39 is 0 Å². The molecule has 0 spiro atoms. The number of aromatic nitrogens is 1. The van der Waals surface area contributed by atoms with E-state index in [9.17, 15) is 9.59 Å². The molecule has 0 fully saturated rings. The van der Waals surface area contributed by atoms with Crippen LogP contribution in [0, 0.1) is 0 Å². The number of hydrogen-bond acceptors (Lipinski definition) is 2. The zero-order chi connectivity index (χ0) is 15.1. The van der Waals surface area contributed by atoms with E-state index in [4.69, 9.17) is 0 Å². The van der Waals surface area contributed by atoms with Gasteiger partial charge in [0.1, 0.15) is 0 Å².